The van der Waals surface area contributed by atoms with Gasteiger partial charge in [0.05, 0.1) is 12.6 Å². The zero-order valence-corrected chi connectivity index (χ0v) is 12.3. The first kappa shape index (κ1) is 14.3. The van der Waals surface area contributed by atoms with Crippen LogP contribution in [0.25, 0.3) is 16.0 Å². The van der Waals surface area contributed by atoms with Crippen LogP contribution in [0, 0.1) is 17.9 Å². The van der Waals surface area contributed by atoms with Crippen LogP contribution in [0.3, 0.4) is 0 Å². The Balaban J connectivity index is 2.37. The van der Waals surface area contributed by atoms with Crippen molar-refractivity contribution in [3.63, 3.8) is 0 Å². The van der Waals surface area contributed by atoms with Crippen molar-refractivity contribution in [3.8, 4) is 17.2 Å². The first-order valence-electron chi connectivity index (χ1n) is 6.87. The number of nitriles is 1. The van der Waals surface area contributed by atoms with E-state index < -0.39 is 12.5 Å². The summed E-state index contributed by atoms with van der Waals surface area (Å²) in [5, 5.41) is 28.0. The summed E-state index contributed by atoms with van der Waals surface area (Å²) < 4.78 is 0. The van der Waals surface area contributed by atoms with E-state index in [4.69, 9.17) is 6.57 Å². The summed E-state index contributed by atoms with van der Waals surface area (Å²) in [5.41, 5.74) is 4.57. The largest absolute Gasteiger partial charge is 0.488 e. The van der Waals surface area contributed by atoms with E-state index in [1.165, 1.54) is 0 Å². The van der Waals surface area contributed by atoms with Crippen LogP contribution >= 0.6 is 0 Å². The highest BCUT2D eigenvalue weighted by Crippen LogP contribution is 2.52. The van der Waals surface area contributed by atoms with E-state index in [9.17, 15) is 15.3 Å². The standard InChI is InChI=1S/C17H13BN2O2/c1-17(2)13-8-11(18(21)22)4-5-12(13)16-14(17)6-10(9-19)7-15(16)20-3/h4-8,21-22H,1-2H3. The maximum atomic E-state index is 9.39. The highest BCUT2D eigenvalue weighted by molar-refractivity contribution is 6.58. The molecule has 0 saturated carbocycles. The molecule has 0 bridgehead atoms. The van der Waals surface area contributed by atoms with Crippen molar-refractivity contribution in [1.82, 2.24) is 0 Å². The zero-order valence-electron chi connectivity index (χ0n) is 12.3. The third-order valence-corrected chi connectivity index (χ3v) is 4.32. The topological polar surface area (TPSA) is 68.6 Å². The van der Waals surface area contributed by atoms with E-state index in [-0.39, 0.29) is 0 Å². The lowest BCUT2D eigenvalue weighted by atomic mass is 9.75. The monoisotopic (exact) mass is 288 g/mol. The van der Waals surface area contributed by atoms with Gasteiger partial charge < -0.3 is 10.0 Å². The fourth-order valence-electron chi connectivity index (χ4n) is 3.16. The quantitative estimate of drug-likeness (QED) is 0.623. The molecule has 0 radical (unpaired) electrons. The van der Waals surface area contributed by atoms with Gasteiger partial charge in [-0.1, -0.05) is 32.0 Å². The minimum atomic E-state index is -1.53. The Kier molecular flexibility index (Phi) is 3.07. The fraction of sp³-hybridized carbons (Fsp3) is 0.176. The van der Waals surface area contributed by atoms with Crippen molar-refractivity contribution in [3.05, 3.63) is 58.4 Å². The molecule has 0 atom stereocenters. The molecule has 3 rings (SSSR count). The third kappa shape index (κ3) is 1.84. The summed E-state index contributed by atoms with van der Waals surface area (Å²) in [6.45, 7) is 11.4. The highest BCUT2D eigenvalue weighted by atomic mass is 16.4. The first-order chi connectivity index (χ1) is 10.4. The molecule has 5 heteroatoms. The van der Waals surface area contributed by atoms with Gasteiger partial charge in [0.25, 0.3) is 0 Å². The molecule has 2 N–H and O–H groups in total. The van der Waals surface area contributed by atoms with Crippen molar-refractivity contribution in [1.29, 1.82) is 5.26 Å². The molecule has 4 nitrogen and oxygen atoms in total. The van der Waals surface area contributed by atoms with Gasteiger partial charge >= 0.3 is 7.12 Å². The Morgan fingerprint density at radius 1 is 1.18 bits per heavy atom. The summed E-state index contributed by atoms with van der Waals surface area (Å²) in [5.74, 6) is 0. The van der Waals surface area contributed by atoms with Crippen LogP contribution in [0.1, 0.15) is 30.5 Å². The van der Waals surface area contributed by atoms with E-state index in [0.717, 1.165) is 22.3 Å². The van der Waals surface area contributed by atoms with Crippen molar-refractivity contribution >= 4 is 18.3 Å². The lowest BCUT2D eigenvalue weighted by molar-refractivity contribution is 0.425. The molecule has 0 amide bonds. The Labute approximate surface area is 129 Å². The smallest absolute Gasteiger partial charge is 0.423 e. The number of nitrogens with zero attached hydrogens (tertiary/aromatic N) is 2. The lowest BCUT2D eigenvalue weighted by Crippen LogP contribution is -2.31. The van der Waals surface area contributed by atoms with Crippen molar-refractivity contribution in [2.75, 3.05) is 0 Å². The van der Waals surface area contributed by atoms with Crippen LogP contribution in [0.2, 0.25) is 0 Å². The van der Waals surface area contributed by atoms with E-state index in [0.29, 0.717) is 16.7 Å². The molecular formula is C17H13BN2O2. The molecule has 22 heavy (non-hydrogen) atoms. The first-order valence-corrected chi connectivity index (χ1v) is 6.87. The Hall–Kier alpha value is -2.60. The van der Waals surface area contributed by atoms with Crippen molar-refractivity contribution in [2.45, 2.75) is 19.3 Å². The minimum Gasteiger partial charge on any atom is -0.423 e. The average molecular weight is 288 g/mol. The number of fused-ring (bicyclic) bond motifs is 3. The van der Waals surface area contributed by atoms with E-state index >= 15 is 0 Å². The molecule has 0 unspecified atom stereocenters. The maximum absolute atomic E-state index is 9.39. The number of hydrogen-bond donors (Lipinski definition) is 2. The Bertz CT molecular complexity index is 873. The second-order valence-corrected chi connectivity index (χ2v) is 5.95. The van der Waals surface area contributed by atoms with Crippen LogP contribution in [0.15, 0.2) is 30.3 Å². The van der Waals surface area contributed by atoms with Gasteiger partial charge in [0, 0.05) is 11.0 Å². The molecule has 2 aromatic rings. The Morgan fingerprint density at radius 2 is 1.91 bits per heavy atom. The molecule has 0 aliphatic heterocycles. The normalized spacial score (nSPS) is 13.7. The molecular weight excluding hydrogens is 275 g/mol. The van der Waals surface area contributed by atoms with Crippen LogP contribution in [-0.4, -0.2) is 17.2 Å². The molecule has 0 heterocycles. The Morgan fingerprint density at radius 3 is 2.50 bits per heavy atom. The van der Waals surface area contributed by atoms with Gasteiger partial charge in [-0.05, 0) is 39.8 Å². The molecule has 0 aromatic heterocycles. The molecule has 0 spiro atoms. The number of rotatable bonds is 1. The van der Waals surface area contributed by atoms with Gasteiger partial charge in [-0.15, -0.1) is 0 Å². The number of hydrogen-bond acceptors (Lipinski definition) is 3. The van der Waals surface area contributed by atoms with Crippen LogP contribution in [0.4, 0.5) is 5.69 Å². The second kappa shape index (κ2) is 4.71. The maximum Gasteiger partial charge on any atom is 0.488 e. The fourth-order valence-corrected chi connectivity index (χ4v) is 3.16. The van der Waals surface area contributed by atoms with Crippen LogP contribution in [0.5, 0.6) is 0 Å². The summed E-state index contributed by atoms with van der Waals surface area (Å²) in [4.78, 5) is 3.57. The summed E-state index contributed by atoms with van der Waals surface area (Å²) >= 11 is 0. The predicted octanol–water partition coefficient (Wildman–Crippen LogP) is 2.10. The summed E-state index contributed by atoms with van der Waals surface area (Å²) in [7, 11) is -1.53. The van der Waals surface area contributed by atoms with Gasteiger partial charge in [0.1, 0.15) is 0 Å². The second-order valence-electron chi connectivity index (χ2n) is 5.95. The van der Waals surface area contributed by atoms with Crippen molar-refractivity contribution < 1.29 is 10.0 Å². The molecule has 0 fully saturated rings. The third-order valence-electron chi connectivity index (χ3n) is 4.32. The van der Waals surface area contributed by atoms with Crippen LogP contribution < -0.4 is 5.46 Å². The SMILES string of the molecule is [C-]#[N+]c1cc(C#N)cc2c1-c1ccc(B(O)O)cc1C2(C)C. The van der Waals surface area contributed by atoms with Crippen molar-refractivity contribution in [2.24, 2.45) is 0 Å². The molecule has 106 valence electrons. The summed E-state index contributed by atoms with van der Waals surface area (Å²) in [6.07, 6.45) is 0. The van der Waals surface area contributed by atoms with E-state index in [1.54, 1.807) is 18.2 Å². The average Bonchev–Trinajstić information content (AvgIpc) is 2.74. The van der Waals surface area contributed by atoms with Gasteiger partial charge in [-0.3, -0.25) is 0 Å². The van der Waals surface area contributed by atoms with Gasteiger partial charge in [0.2, 0.25) is 0 Å². The van der Waals surface area contributed by atoms with Gasteiger partial charge in [-0.2, -0.15) is 5.26 Å². The zero-order chi connectivity index (χ0) is 16.1. The molecule has 2 aromatic carbocycles. The van der Waals surface area contributed by atoms with Gasteiger partial charge in [-0.25, -0.2) is 4.85 Å². The number of benzene rings is 2. The van der Waals surface area contributed by atoms with Crippen LogP contribution in [-0.2, 0) is 5.41 Å². The van der Waals surface area contributed by atoms with E-state index in [1.807, 2.05) is 26.0 Å². The molecule has 0 saturated heterocycles. The van der Waals surface area contributed by atoms with Gasteiger partial charge in [0.15, 0.2) is 5.69 Å². The molecule has 1 aliphatic carbocycles. The highest BCUT2D eigenvalue weighted by Gasteiger charge is 2.37. The molecule has 1 aliphatic rings. The lowest BCUT2D eigenvalue weighted by Gasteiger charge is -2.22. The van der Waals surface area contributed by atoms with E-state index in [2.05, 4.69) is 10.9 Å². The summed E-state index contributed by atoms with van der Waals surface area (Å²) in [6, 6.07) is 10.8. The predicted molar refractivity (Wildman–Crippen MR) is 84.8 cm³/mol. The minimum absolute atomic E-state index is 0.401.